The average molecular weight is 392 g/mol. The van der Waals surface area contributed by atoms with Crippen LogP contribution in [-0.2, 0) is 28.6 Å². The van der Waals surface area contributed by atoms with Crippen LogP contribution in [0.15, 0.2) is 0 Å². The summed E-state index contributed by atoms with van der Waals surface area (Å²) >= 11 is 0. The zero-order chi connectivity index (χ0) is 20.4. The van der Waals surface area contributed by atoms with Crippen LogP contribution in [0, 0.1) is 28.6 Å². The van der Waals surface area contributed by atoms with Crippen molar-refractivity contribution in [2.45, 2.75) is 58.9 Å². The highest BCUT2D eigenvalue weighted by Gasteiger charge is 2.71. The quantitative estimate of drug-likeness (QED) is 0.529. The molecule has 0 aromatic heterocycles. The number of alkyl halides is 3. The number of rotatable bonds is 5. The molecule has 6 atom stereocenters. The predicted molar refractivity (Wildman–Crippen MR) is 84.0 cm³/mol. The van der Waals surface area contributed by atoms with Crippen molar-refractivity contribution in [3.63, 3.8) is 0 Å². The number of hydrogen-bond donors (Lipinski definition) is 0. The lowest BCUT2D eigenvalue weighted by Gasteiger charge is -2.37. The molecule has 0 aromatic rings. The Morgan fingerprint density at radius 2 is 1.93 bits per heavy atom. The van der Waals surface area contributed by atoms with E-state index in [1.165, 1.54) is 6.92 Å². The smallest absolute Gasteiger partial charge is 0.404 e. The molecule has 1 aliphatic heterocycles. The van der Waals surface area contributed by atoms with Crippen molar-refractivity contribution in [3.05, 3.63) is 0 Å². The molecule has 3 aliphatic rings. The minimum Gasteiger partial charge on any atom is -0.458 e. The Bertz CT molecular complexity index is 672. The first-order valence-electron chi connectivity index (χ1n) is 8.98. The molecule has 1 saturated heterocycles. The van der Waals surface area contributed by atoms with Gasteiger partial charge in [0.05, 0.1) is 5.92 Å². The first-order chi connectivity index (χ1) is 12.3. The average Bonchev–Trinajstić information content (AvgIpc) is 3.13. The van der Waals surface area contributed by atoms with Crippen LogP contribution in [0.2, 0.25) is 0 Å². The molecule has 6 nitrogen and oxygen atoms in total. The van der Waals surface area contributed by atoms with Crippen LogP contribution in [0.25, 0.3) is 0 Å². The van der Waals surface area contributed by atoms with E-state index in [4.69, 9.17) is 9.47 Å². The molecule has 0 radical (unpaired) electrons. The second-order valence-corrected chi connectivity index (χ2v) is 8.42. The van der Waals surface area contributed by atoms with Crippen LogP contribution in [0.4, 0.5) is 13.2 Å². The van der Waals surface area contributed by atoms with Crippen molar-refractivity contribution in [1.29, 1.82) is 0 Å². The third-order valence-corrected chi connectivity index (χ3v) is 6.73. The molecule has 2 bridgehead atoms. The highest BCUT2D eigenvalue weighted by atomic mass is 19.4. The SMILES string of the molecule is CCC(C)(C(=O)OCC(=O)OC1C2OC(=O)C3C2CC1C3(C)C)C(F)(F)F. The standard InChI is InChI=1S/C18H23F3O6/c1-5-17(4,18(19,20)21)15(24)25-7-10(22)26-13-9-6-8-11(16(9,2)3)14(23)27-12(8)13/h8-9,11-13H,5-7H2,1-4H3. The number of halogens is 3. The summed E-state index contributed by atoms with van der Waals surface area (Å²) in [5.41, 5.74) is -3.08. The minimum atomic E-state index is -4.79. The van der Waals surface area contributed by atoms with Crippen LogP contribution in [0.3, 0.4) is 0 Å². The van der Waals surface area contributed by atoms with E-state index in [2.05, 4.69) is 4.74 Å². The summed E-state index contributed by atoms with van der Waals surface area (Å²) in [6.45, 7) is 4.87. The van der Waals surface area contributed by atoms with E-state index in [9.17, 15) is 27.6 Å². The van der Waals surface area contributed by atoms with Gasteiger partial charge in [0.25, 0.3) is 0 Å². The first-order valence-corrected chi connectivity index (χ1v) is 8.98. The third-order valence-electron chi connectivity index (χ3n) is 6.73. The third kappa shape index (κ3) is 2.81. The maximum absolute atomic E-state index is 13.1. The Morgan fingerprint density at radius 1 is 1.30 bits per heavy atom. The first kappa shape index (κ1) is 19.9. The van der Waals surface area contributed by atoms with Gasteiger partial charge in [-0.1, -0.05) is 20.8 Å². The molecule has 27 heavy (non-hydrogen) atoms. The van der Waals surface area contributed by atoms with Gasteiger partial charge in [0.1, 0.15) is 12.2 Å². The number of hydrogen-bond acceptors (Lipinski definition) is 6. The van der Waals surface area contributed by atoms with Crippen LogP contribution >= 0.6 is 0 Å². The van der Waals surface area contributed by atoms with Crippen LogP contribution in [0.5, 0.6) is 0 Å². The molecule has 1 heterocycles. The molecule has 0 aromatic carbocycles. The molecular formula is C18H23F3O6. The van der Waals surface area contributed by atoms with E-state index in [0.717, 1.165) is 6.92 Å². The van der Waals surface area contributed by atoms with E-state index in [1.54, 1.807) is 0 Å². The number of ether oxygens (including phenoxy) is 3. The summed E-state index contributed by atoms with van der Waals surface area (Å²) < 4.78 is 54.5. The summed E-state index contributed by atoms with van der Waals surface area (Å²) in [6, 6.07) is 0. The van der Waals surface area contributed by atoms with E-state index < -0.39 is 54.2 Å². The van der Waals surface area contributed by atoms with Crippen molar-refractivity contribution < 1.29 is 41.8 Å². The van der Waals surface area contributed by atoms with E-state index in [0.29, 0.717) is 6.42 Å². The fraction of sp³-hybridized carbons (Fsp3) is 0.833. The lowest BCUT2D eigenvalue weighted by Crippen LogP contribution is -2.46. The van der Waals surface area contributed by atoms with Gasteiger partial charge >= 0.3 is 24.1 Å². The summed E-state index contributed by atoms with van der Waals surface area (Å²) in [5.74, 6) is -3.10. The van der Waals surface area contributed by atoms with Crippen LogP contribution in [0.1, 0.15) is 40.5 Å². The lowest BCUT2D eigenvalue weighted by molar-refractivity contribution is -0.231. The number of esters is 3. The fourth-order valence-electron chi connectivity index (χ4n) is 4.79. The number of carbonyl (C=O) groups excluding carboxylic acids is 3. The summed E-state index contributed by atoms with van der Waals surface area (Å²) in [6.07, 6.45) is -5.81. The number of fused-ring (bicyclic) bond motifs is 1. The zero-order valence-corrected chi connectivity index (χ0v) is 15.6. The van der Waals surface area contributed by atoms with Crippen LogP contribution < -0.4 is 0 Å². The second kappa shape index (κ2) is 6.10. The molecule has 9 heteroatoms. The molecule has 0 spiro atoms. The Labute approximate surface area is 154 Å². The second-order valence-electron chi connectivity index (χ2n) is 8.42. The van der Waals surface area contributed by atoms with E-state index >= 15 is 0 Å². The van der Waals surface area contributed by atoms with Gasteiger partial charge in [-0.3, -0.25) is 9.59 Å². The number of carbonyl (C=O) groups is 3. The van der Waals surface area contributed by atoms with Gasteiger partial charge in [-0.15, -0.1) is 0 Å². The highest BCUT2D eigenvalue weighted by Crippen LogP contribution is 2.64. The summed E-state index contributed by atoms with van der Waals surface area (Å²) in [5, 5.41) is 0. The molecule has 3 fully saturated rings. The van der Waals surface area contributed by atoms with Crippen molar-refractivity contribution in [1.82, 2.24) is 0 Å². The van der Waals surface area contributed by atoms with Crippen molar-refractivity contribution in [2.75, 3.05) is 6.61 Å². The van der Waals surface area contributed by atoms with Crippen LogP contribution in [-0.4, -0.2) is 42.9 Å². The van der Waals surface area contributed by atoms with Gasteiger partial charge < -0.3 is 14.2 Å². The Kier molecular flexibility index (Phi) is 4.51. The molecule has 2 aliphatic carbocycles. The maximum atomic E-state index is 13.1. The lowest BCUT2D eigenvalue weighted by atomic mass is 9.68. The minimum absolute atomic E-state index is 0.0218. The van der Waals surface area contributed by atoms with E-state index in [-0.39, 0.29) is 23.7 Å². The Morgan fingerprint density at radius 3 is 2.48 bits per heavy atom. The Balaban J connectivity index is 1.61. The molecule has 6 unspecified atom stereocenters. The van der Waals surface area contributed by atoms with Crippen molar-refractivity contribution in [2.24, 2.45) is 28.6 Å². The van der Waals surface area contributed by atoms with Gasteiger partial charge in [0.15, 0.2) is 12.0 Å². The van der Waals surface area contributed by atoms with E-state index in [1.807, 2.05) is 13.8 Å². The largest absolute Gasteiger partial charge is 0.458 e. The normalized spacial score (nSPS) is 35.5. The van der Waals surface area contributed by atoms with Gasteiger partial charge in [-0.05, 0) is 25.2 Å². The molecule has 0 amide bonds. The fourth-order valence-corrected chi connectivity index (χ4v) is 4.79. The van der Waals surface area contributed by atoms with Crippen molar-refractivity contribution >= 4 is 17.9 Å². The monoisotopic (exact) mass is 392 g/mol. The van der Waals surface area contributed by atoms with Gasteiger partial charge in [0.2, 0.25) is 0 Å². The van der Waals surface area contributed by atoms with Gasteiger partial charge in [-0.2, -0.15) is 13.2 Å². The maximum Gasteiger partial charge on any atom is 0.404 e. The summed E-state index contributed by atoms with van der Waals surface area (Å²) in [7, 11) is 0. The molecule has 3 rings (SSSR count). The summed E-state index contributed by atoms with van der Waals surface area (Å²) in [4.78, 5) is 36.0. The van der Waals surface area contributed by atoms with Gasteiger partial charge in [0, 0.05) is 11.8 Å². The molecule has 152 valence electrons. The van der Waals surface area contributed by atoms with Crippen molar-refractivity contribution in [3.8, 4) is 0 Å². The Hall–Kier alpha value is -1.80. The molecule has 0 N–H and O–H groups in total. The molecule has 2 saturated carbocycles. The topological polar surface area (TPSA) is 78.9 Å². The zero-order valence-electron chi connectivity index (χ0n) is 15.6. The van der Waals surface area contributed by atoms with Gasteiger partial charge in [-0.25, -0.2) is 4.79 Å². The predicted octanol–water partition coefficient (Wildman–Crippen LogP) is 2.64. The molecular weight excluding hydrogens is 369 g/mol. The highest BCUT2D eigenvalue weighted by molar-refractivity contribution is 5.81.